The minimum Gasteiger partial charge on any atom is -0.326 e. The van der Waals surface area contributed by atoms with Crippen molar-refractivity contribution < 1.29 is 4.79 Å². The van der Waals surface area contributed by atoms with E-state index in [0.29, 0.717) is 12.3 Å². The molecule has 0 unspecified atom stereocenters. The second-order valence-electron chi connectivity index (χ2n) is 4.92. The normalized spacial score (nSPS) is 10.6. The second-order valence-corrected chi connectivity index (χ2v) is 4.92. The molecular weight excluding hydrogens is 198 g/mol. The molecular formula is C14H21NO. The van der Waals surface area contributed by atoms with Crippen LogP contribution in [0.3, 0.4) is 0 Å². The Hall–Kier alpha value is -1.31. The summed E-state index contributed by atoms with van der Waals surface area (Å²) >= 11 is 0. The van der Waals surface area contributed by atoms with Gasteiger partial charge in [0.05, 0.1) is 0 Å². The van der Waals surface area contributed by atoms with Gasteiger partial charge in [-0.1, -0.05) is 31.5 Å². The molecule has 0 saturated heterocycles. The molecule has 0 fully saturated rings. The molecule has 1 rings (SSSR count). The van der Waals surface area contributed by atoms with Crippen LogP contribution in [0.15, 0.2) is 12.1 Å². The van der Waals surface area contributed by atoms with E-state index < -0.39 is 0 Å². The highest BCUT2D eigenvalue weighted by Crippen LogP contribution is 2.22. The molecule has 1 aromatic rings. The second kappa shape index (κ2) is 5.15. The number of carbonyl (C=O) groups is 1. The number of anilines is 1. The number of benzene rings is 1. The van der Waals surface area contributed by atoms with Crippen LogP contribution in [-0.2, 0) is 4.79 Å². The molecule has 0 aliphatic heterocycles. The Morgan fingerprint density at radius 1 is 1.19 bits per heavy atom. The monoisotopic (exact) mass is 219 g/mol. The minimum absolute atomic E-state index is 0.102. The molecule has 2 heteroatoms. The topological polar surface area (TPSA) is 29.1 Å². The van der Waals surface area contributed by atoms with Crippen molar-refractivity contribution in [3.8, 4) is 0 Å². The first-order valence-electron chi connectivity index (χ1n) is 5.78. The van der Waals surface area contributed by atoms with Gasteiger partial charge in [0, 0.05) is 12.1 Å². The fourth-order valence-corrected chi connectivity index (χ4v) is 1.94. The van der Waals surface area contributed by atoms with E-state index in [1.807, 2.05) is 13.8 Å². The highest BCUT2D eigenvalue weighted by Gasteiger charge is 2.09. The van der Waals surface area contributed by atoms with Crippen LogP contribution in [0.25, 0.3) is 0 Å². The molecule has 0 saturated carbocycles. The van der Waals surface area contributed by atoms with Gasteiger partial charge in [-0.3, -0.25) is 4.79 Å². The average Bonchev–Trinajstić information content (AvgIpc) is 2.09. The van der Waals surface area contributed by atoms with Gasteiger partial charge in [0.1, 0.15) is 0 Å². The SMILES string of the molecule is Cc1cc(C)c(NC(=O)CC(C)C)c(C)c1. The molecule has 0 bridgehead atoms. The number of rotatable bonds is 3. The quantitative estimate of drug-likeness (QED) is 0.827. The van der Waals surface area contributed by atoms with Gasteiger partial charge in [0.2, 0.25) is 5.91 Å². The Bertz CT molecular complexity index is 371. The van der Waals surface area contributed by atoms with Crippen LogP contribution in [0.5, 0.6) is 0 Å². The average molecular weight is 219 g/mol. The van der Waals surface area contributed by atoms with Crippen LogP contribution >= 0.6 is 0 Å². The standard InChI is InChI=1S/C14H21NO/c1-9(2)6-13(16)15-14-11(4)7-10(3)8-12(14)5/h7-9H,6H2,1-5H3,(H,15,16). The van der Waals surface area contributed by atoms with Crippen molar-refractivity contribution in [1.82, 2.24) is 0 Å². The number of amides is 1. The highest BCUT2D eigenvalue weighted by atomic mass is 16.1. The van der Waals surface area contributed by atoms with Crippen molar-refractivity contribution >= 4 is 11.6 Å². The highest BCUT2D eigenvalue weighted by molar-refractivity contribution is 5.92. The van der Waals surface area contributed by atoms with Gasteiger partial charge in [0.25, 0.3) is 0 Å². The summed E-state index contributed by atoms with van der Waals surface area (Å²) in [7, 11) is 0. The number of aryl methyl sites for hydroxylation is 3. The zero-order chi connectivity index (χ0) is 12.3. The number of nitrogens with one attached hydrogen (secondary N) is 1. The van der Waals surface area contributed by atoms with E-state index in [4.69, 9.17) is 0 Å². The molecule has 0 aliphatic rings. The van der Waals surface area contributed by atoms with Crippen LogP contribution in [0, 0.1) is 26.7 Å². The van der Waals surface area contributed by atoms with Gasteiger partial charge in [-0.2, -0.15) is 0 Å². The van der Waals surface area contributed by atoms with Crippen molar-refractivity contribution in [2.24, 2.45) is 5.92 Å². The molecule has 0 heterocycles. The first kappa shape index (κ1) is 12.8. The lowest BCUT2D eigenvalue weighted by molar-refractivity contribution is -0.116. The van der Waals surface area contributed by atoms with E-state index >= 15 is 0 Å². The fourth-order valence-electron chi connectivity index (χ4n) is 1.94. The van der Waals surface area contributed by atoms with Crippen molar-refractivity contribution in [1.29, 1.82) is 0 Å². The zero-order valence-electron chi connectivity index (χ0n) is 10.8. The summed E-state index contributed by atoms with van der Waals surface area (Å²) in [4.78, 5) is 11.7. The molecule has 2 nitrogen and oxygen atoms in total. The maximum atomic E-state index is 11.7. The van der Waals surface area contributed by atoms with Gasteiger partial charge < -0.3 is 5.32 Å². The first-order chi connectivity index (χ1) is 7.40. The van der Waals surface area contributed by atoms with Crippen LogP contribution < -0.4 is 5.32 Å². The Labute approximate surface area is 98.1 Å². The third kappa shape index (κ3) is 3.37. The van der Waals surface area contributed by atoms with Gasteiger partial charge in [-0.25, -0.2) is 0 Å². The van der Waals surface area contributed by atoms with E-state index in [9.17, 15) is 4.79 Å². The van der Waals surface area contributed by atoms with Gasteiger partial charge in [-0.15, -0.1) is 0 Å². The summed E-state index contributed by atoms with van der Waals surface area (Å²) < 4.78 is 0. The predicted octanol–water partition coefficient (Wildman–Crippen LogP) is 3.60. The Kier molecular flexibility index (Phi) is 4.11. The van der Waals surface area contributed by atoms with E-state index in [1.165, 1.54) is 5.56 Å². The van der Waals surface area contributed by atoms with Crippen LogP contribution in [0.4, 0.5) is 5.69 Å². The summed E-state index contributed by atoms with van der Waals surface area (Å²) in [6, 6.07) is 4.19. The third-order valence-electron chi connectivity index (χ3n) is 2.54. The summed E-state index contributed by atoms with van der Waals surface area (Å²) in [6.45, 7) is 10.2. The lowest BCUT2D eigenvalue weighted by atomic mass is 10.0. The van der Waals surface area contributed by atoms with Gasteiger partial charge in [0.15, 0.2) is 0 Å². The maximum Gasteiger partial charge on any atom is 0.224 e. The van der Waals surface area contributed by atoms with Crippen molar-refractivity contribution in [2.75, 3.05) is 5.32 Å². The Morgan fingerprint density at radius 2 is 1.69 bits per heavy atom. The minimum atomic E-state index is 0.102. The summed E-state index contributed by atoms with van der Waals surface area (Å²) in [5.41, 5.74) is 4.47. The fraction of sp³-hybridized carbons (Fsp3) is 0.500. The van der Waals surface area contributed by atoms with Gasteiger partial charge >= 0.3 is 0 Å². The van der Waals surface area contributed by atoms with E-state index in [0.717, 1.165) is 16.8 Å². The molecule has 0 aliphatic carbocycles. The summed E-state index contributed by atoms with van der Waals surface area (Å²) in [5, 5.41) is 3.00. The van der Waals surface area contributed by atoms with E-state index in [2.05, 4.69) is 38.2 Å². The van der Waals surface area contributed by atoms with Gasteiger partial charge in [-0.05, 0) is 37.8 Å². The van der Waals surface area contributed by atoms with Crippen LogP contribution in [0.2, 0.25) is 0 Å². The zero-order valence-corrected chi connectivity index (χ0v) is 10.8. The smallest absolute Gasteiger partial charge is 0.224 e. The van der Waals surface area contributed by atoms with Crippen LogP contribution in [-0.4, -0.2) is 5.91 Å². The first-order valence-corrected chi connectivity index (χ1v) is 5.78. The largest absolute Gasteiger partial charge is 0.326 e. The summed E-state index contributed by atoms with van der Waals surface area (Å²) in [5.74, 6) is 0.496. The number of hydrogen-bond donors (Lipinski definition) is 1. The Morgan fingerprint density at radius 3 is 2.12 bits per heavy atom. The number of carbonyl (C=O) groups excluding carboxylic acids is 1. The molecule has 0 atom stereocenters. The van der Waals surface area contributed by atoms with Crippen molar-refractivity contribution in [2.45, 2.75) is 41.0 Å². The number of hydrogen-bond acceptors (Lipinski definition) is 1. The predicted molar refractivity (Wildman–Crippen MR) is 68.7 cm³/mol. The molecule has 0 spiro atoms. The van der Waals surface area contributed by atoms with Crippen molar-refractivity contribution in [3.63, 3.8) is 0 Å². The molecule has 16 heavy (non-hydrogen) atoms. The molecule has 1 N–H and O–H groups in total. The molecule has 1 amide bonds. The molecule has 1 aromatic carbocycles. The van der Waals surface area contributed by atoms with E-state index in [-0.39, 0.29) is 5.91 Å². The van der Waals surface area contributed by atoms with E-state index in [1.54, 1.807) is 0 Å². The maximum absolute atomic E-state index is 11.7. The van der Waals surface area contributed by atoms with Crippen molar-refractivity contribution in [3.05, 3.63) is 28.8 Å². The Balaban J connectivity index is 2.85. The molecule has 88 valence electrons. The molecule has 0 aromatic heterocycles. The summed E-state index contributed by atoms with van der Waals surface area (Å²) in [6.07, 6.45) is 0.576. The lowest BCUT2D eigenvalue weighted by Crippen LogP contribution is -2.15. The molecule has 0 radical (unpaired) electrons. The van der Waals surface area contributed by atoms with Crippen LogP contribution in [0.1, 0.15) is 37.0 Å². The lowest BCUT2D eigenvalue weighted by Gasteiger charge is -2.13. The third-order valence-corrected chi connectivity index (χ3v) is 2.54.